The molecule has 1 aromatic carbocycles. The van der Waals surface area contributed by atoms with Gasteiger partial charge in [-0.05, 0) is 43.5 Å². The quantitative estimate of drug-likeness (QED) is 0.815. The van der Waals surface area contributed by atoms with E-state index in [1.807, 2.05) is 6.92 Å². The molecule has 0 aromatic heterocycles. The molecule has 0 amide bonds. The van der Waals surface area contributed by atoms with Crippen LogP contribution in [0.2, 0.25) is 0 Å². The highest BCUT2D eigenvalue weighted by Gasteiger charge is 2.23. The summed E-state index contributed by atoms with van der Waals surface area (Å²) in [4.78, 5) is 1.68. The van der Waals surface area contributed by atoms with E-state index in [-0.39, 0.29) is 11.8 Å². The lowest BCUT2D eigenvalue weighted by Crippen LogP contribution is -2.37. The normalized spacial score (nSPS) is 16.7. The molecule has 2 rings (SSSR count). The number of benzene rings is 1. The van der Waals surface area contributed by atoms with Crippen LogP contribution in [0, 0.1) is 11.6 Å². The summed E-state index contributed by atoms with van der Waals surface area (Å²) in [7, 11) is 0. The van der Waals surface area contributed by atoms with Gasteiger partial charge in [-0.25, -0.2) is 8.78 Å². The molecule has 112 valence electrons. The van der Waals surface area contributed by atoms with Gasteiger partial charge in [0.25, 0.3) is 0 Å². The lowest BCUT2D eigenvalue weighted by atomic mass is 10.1. The van der Waals surface area contributed by atoms with Gasteiger partial charge in [-0.2, -0.15) is 0 Å². The Hall–Kier alpha value is -1.20. The van der Waals surface area contributed by atoms with Gasteiger partial charge in [0.2, 0.25) is 0 Å². The van der Waals surface area contributed by atoms with Crippen molar-refractivity contribution in [2.45, 2.75) is 38.8 Å². The highest BCUT2D eigenvalue weighted by molar-refractivity contribution is 5.51. The summed E-state index contributed by atoms with van der Waals surface area (Å²) < 4.78 is 28.3. The molecular formula is C15H22F2N2O. The molecule has 0 atom stereocenters. The van der Waals surface area contributed by atoms with E-state index in [9.17, 15) is 13.9 Å². The Bertz CT molecular complexity index is 422. The summed E-state index contributed by atoms with van der Waals surface area (Å²) in [6.07, 6.45) is 1.74. The van der Waals surface area contributed by atoms with E-state index >= 15 is 0 Å². The van der Waals surface area contributed by atoms with E-state index in [4.69, 9.17) is 0 Å². The van der Waals surface area contributed by atoms with Gasteiger partial charge >= 0.3 is 0 Å². The minimum atomic E-state index is -0.519. The molecular weight excluding hydrogens is 262 g/mol. The zero-order valence-corrected chi connectivity index (χ0v) is 11.8. The van der Waals surface area contributed by atoms with E-state index < -0.39 is 11.6 Å². The third-order valence-electron chi connectivity index (χ3n) is 3.61. The van der Waals surface area contributed by atoms with Crippen LogP contribution in [0.25, 0.3) is 0 Å². The van der Waals surface area contributed by atoms with E-state index in [1.165, 1.54) is 12.1 Å². The summed E-state index contributed by atoms with van der Waals surface area (Å²) in [6, 6.07) is 2.79. The molecule has 2 N–H and O–H groups in total. The summed E-state index contributed by atoms with van der Waals surface area (Å²) in [5.41, 5.74) is 0.658. The number of hydrogen-bond donors (Lipinski definition) is 2. The number of nitrogens with zero attached hydrogens (tertiary/aromatic N) is 1. The van der Waals surface area contributed by atoms with Crippen molar-refractivity contribution in [1.29, 1.82) is 0 Å². The number of nitrogens with one attached hydrogen (secondary N) is 1. The second-order valence-corrected chi connectivity index (χ2v) is 5.30. The lowest BCUT2D eigenvalue weighted by Gasteiger charge is -2.32. The van der Waals surface area contributed by atoms with Crippen molar-refractivity contribution in [2.75, 3.05) is 24.5 Å². The Morgan fingerprint density at radius 2 is 1.85 bits per heavy atom. The first-order chi connectivity index (χ1) is 9.61. The second kappa shape index (κ2) is 6.99. The molecule has 1 saturated heterocycles. The summed E-state index contributed by atoms with van der Waals surface area (Å²) in [6.45, 7) is 4.32. The standard InChI is InChI=1S/C15H22F2N2O/c1-2-5-18-10-11-8-13(16)15(14(17)9-11)19-6-3-12(20)4-7-19/h8-9,12,18,20H,2-7,10H2,1H3. The van der Waals surface area contributed by atoms with Crippen LogP contribution in [-0.4, -0.2) is 30.8 Å². The number of halogens is 2. The maximum Gasteiger partial charge on any atom is 0.149 e. The van der Waals surface area contributed by atoms with Crippen LogP contribution in [0.1, 0.15) is 31.7 Å². The van der Waals surface area contributed by atoms with Crippen LogP contribution in [0.15, 0.2) is 12.1 Å². The smallest absolute Gasteiger partial charge is 0.149 e. The molecule has 1 aliphatic heterocycles. The Morgan fingerprint density at radius 1 is 1.25 bits per heavy atom. The van der Waals surface area contributed by atoms with Crippen molar-refractivity contribution in [3.05, 3.63) is 29.3 Å². The van der Waals surface area contributed by atoms with Crippen molar-refractivity contribution >= 4 is 5.69 Å². The molecule has 0 saturated carbocycles. The zero-order valence-electron chi connectivity index (χ0n) is 11.8. The number of rotatable bonds is 5. The Balaban J connectivity index is 2.10. The van der Waals surface area contributed by atoms with Crippen LogP contribution in [0.3, 0.4) is 0 Å². The number of hydrogen-bond acceptors (Lipinski definition) is 3. The molecule has 20 heavy (non-hydrogen) atoms. The topological polar surface area (TPSA) is 35.5 Å². The van der Waals surface area contributed by atoms with Crippen LogP contribution < -0.4 is 10.2 Å². The molecule has 0 spiro atoms. The molecule has 0 bridgehead atoms. The summed E-state index contributed by atoms with van der Waals surface area (Å²) in [5.74, 6) is -1.04. The Labute approximate surface area is 118 Å². The molecule has 1 heterocycles. The van der Waals surface area contributed by atoms with E-state index in [0.717, 1.165) is 13.0 Å². The van der Waals surface area contributed by atoms with Crippen molar-refractivity contribution in [2.24, 2.45) is 0 Å². The van der Waals surface area contributed by atoms with E-state index in [2.05, 4.69) is 5.32 Å². The molecule has 1 aliphatic rings. The zero-order chi connectivity index (χ0) is 14.5. The molecule has 0 unspecified atom stereocenters. The van der Waals surface area contributed by atoms with Gasteiger partial charge in [0.05, 0.1) is 6.10 Å². The fraction of sp³-hybridized carbons (Fsp3) is 0.600. The monoisotopic (exact) mass is 284 g/mol. The third-order valence-corrected chi connectivity index (χ3v) is 3.61. The van der Waals surface area contributed by atoms with Crippen LogP contribution in [-0.2, 0) is 6.54 Å². The van der Waals surface area contributed by atoms with E-state index in [0.29, 0.717) is 38.0 Å². The third kappa shape index (κ3) is 3.67. The van der Waals surface area contributed by atoms with Crippen molar-refractivity contribution in [1.82, 2.24) is 5.32 Å². The number of aliphatic hydroxyl groups excluding tert-OH is 1. The first-order valence-corrected chi connectivity index (χ1v) is 7.23. The maximum atomic E-state index is 14.1. The first kappa shape index (κ1) is 15.2. The van der Waals surface area contributed by atoms with Gasteiger partial charge in [0, 0.05) is 19.6 Å². The maximum absolute atomic E-state index is 14.1. The molecule has 3 nitrogen and oxygen atoms in total. The number of piperidine rings is 1. The van der Waals surface area contributed by atoms with Crippen molar-refractivity contribution in [3.63, 3.8) is 0 Å². The highest BCUT2D eigenvalue weighted by Crippen LogP contribution is 2.27. The molecule has 0 aliphatic carbocycles. The highest BCUT2D eigenvalue weighted by atomic mass is 19.1. The van der Waals surface area contributed by atoms with Gasteiger partial charge in [-0.15, -0.1) is 0 Å². The molecule has 0 radical (unpaired) electrons. The largest absolute Gasteiger partial charge is 0.393 e. The molecule has 5 heteroatoms. The van der Waals surface area contributed by atoms with Crippen molar-refractivity contribution in [3.8, 4) is 0 Å². The summed E-state index contributed by atoms with van der Waals surface area (Å²) >= 11 is 0. The number of aliphatic hydroxyl groups is 1. The SMILES string of the molecule is CCCNCc1cc(F)c(N2CCC(O)CC2)c(F)c1. The Morgan fingerprint density at radius 3 is 2.40 bits per heavy atom. The van der Waals surface area contributed by atoms with Gasteiger partial charge in [0.15, 0.2) is 0 Å². The first-order valence-electron chi connectivity index (χ1n) is 7.23. The van der Waals surface area contributed by atoms with Crippen LogP contribution in [0.5, 0.6) is 0 Å². The fourth-order valence-corrected chi connectivity index (χ4v) is 2.52. The average molecular weight is 284 g/mol. The van der Waals surface area contributed by atoms with E-state index in [1.54, 1.807) is 4.90 Å². The second-order valence-electron chi connectivity index (χ2n) is 5.30. The predicted molar refractivity (Wildman–Crippen MR) is 75.8 cm³/mol. The predicted octanol–water partition coefficient (Wildman–Crippen LogP) is 2.43. The van der Waals surface area contributed by atoms with Gasteiger partial charge in [-0.1, -0.05) is 6.92 Å². The minimum absolute atomic E-state index is 0.0381. The lowest BCUT2D eigenvalue weighted by molar-refractivity contribution is 0.145. The van der Waals surface area contributed by atoms with Crippen LogP contribution in [0.4, 0.5) is 14.5 Å². The number of anilines is 1. The molecule has 1 aromatic rings. The minimum Gasteiger partial charge on any atom is -0.393 e. The summed E-state index contributed by atoms with van der Waals surface area (Å²) in [5, 5.41) is 12.6. The average Bonchev–Trinajstić information content (AvgIpc) is 2.40. The fourth-order valence-electron chi connectivity index (χ4n) is 2.52. The molecule has 1 fully saturated rings. The van der Waals surface area contributed by atoms with Gasteiger partial charge in [-0.3, -0.25) is 0 Å². The van der Waals surface area contributed by atoms with Gasteiger partial charge in [0.1, 0.15) is 17.3 Å². The van der Waals surface area contributed by atoms with Crippen LogP contribution >= 0.6 is 0 Å². The van der Waals surface area contributed by atoms with Gasteiger partial charge < -0.3 is 15.3 Å². The van der Waals surface area contributed by atoms with Crippen molar-refractivity contribution < 1.29 is 13.9 Å². The Kier molecular flexibility index (Phi) is 5.31.